The molecule has 6 rings (SSSR count). The zero-order valence-electron chi connectivity index (χ0n) is 14.6. The third-order valence-electron chi connectivity index (χ3n) is 6.19. The van der Waals surface area contributed by atoms with E-state index < -0.39 is 24.0 Å². The minimum absolute atomic E-state index is 0.143. The van der Waals surface area contributed by atoms with Crippen LogP contribution in [0, 0.1) is 17.8 Å². The molecule has 140 valence electrons. The van der Waals surface area contributed by atoms with Crippen molar-refractivity contribution in [1.29, 1.82) is 0 Å². The molecule has 3 fully saturated rings. The molecule has 2 bridgehead atoms. The Morgan fingerprint density at radius 1 is 0.821 bits per heavy atom. The molecule has 4 aliphatic rings. The van der Waals surface area contributed by atoms with Crippen molar-refractivity contribution in [2.45, 2.75) is 18.3 Å². The summed E-state index contributed by atoms with van der Waals surface area (Å²) in [6, 6.07) is 16.5. The highest BCUT2D eigenvalue weighted by Gasteiger charge is 2.72. The van der Waals surface area contributed by atoms with Gasteiger partial charge in [-0.05, 0) is 29.8 Å². The second kappa shape index (κ2) is 5.65. The van der Waals surface area contributed by atoms with E-state index >= 15 is 0 Å². The maximum atomic E-state index is 13.2. The highest BCUT2D eigenvalue weighted by Crippen LogP contribution is 2.55. The van der Waals surface area contributed by atoms with E-state index in [4.69, 9.17) is 21.2 Å². The highest BCUT2D eigenvalue weighted by molar-refractivity contribution is 6.31. The topological polar surface area (TPSA) is 68.2 Å². The van der Waals surface area contributed by atoms with Crippen LogP contribution in [0.4, 0.5) is 5.69 Å². The first kappa shape index (κ1) is 16.3. The Hall–Kier alpha value is -2.70. The molecule has 0 spiro atoms. The van der Waals surface area contributed by atoms with E-state index in [-0.39, 0.29) is 23.8 Å². The Morgan fingerprint density at radius 3 is 2.21 bits per heavy atom. The van der Waals surface area contributed by atoms with Gasteiger partial charge in [0.15, 0.2) is 6.10 Å². The Balaban J connectivity index is 1.36. The summed E-state index contributed by atoms with van der Waals surface area (Å²) in [4.78, 5) is 33.3. The Bertz CT molecular complexity index is 1020. The first-order valence-electron chi connectivity index (χ1n) is 9.23. The van der Waals surface area contributed by atoms with Gasteiger partial charge in [0.25, 0.3) is 0 Å². The van der Waals surface area contributed by atoms with Gasteiger partial charge in [-0.25, -0.2) is 4.90 Å². The van der Waals surface area contributed by atoms with Crippen LogP contribution >= 0.6 is 11.6 Å². The summed E-state index contributed by atoms with van der Waals surface area (Å²) in [5, 5.41) is 4.84. The number of halogens is 1. The van der Waals surface area contributed by atoms with E-state index in [1.807, 2.05) is 30.3 Å². The number of hydrogen-bond acceptors (Lipinski definition) is 5. The molecule has 2 aromatic rings. The lowest BCUT2D eigenvalue weighted by atomic mass is 9.71. The molecule has 0 N–H and O–H groups in total. The average Bonchev–Trinajstić information content (AvgIpc) is 3.44. The van der Waals surface area contributed by atoms with Crippen LogP contribution in [0.15, 0.2) is 59.8 Å². The Labute approximate surface area is 165 Å². The molecule has 28 heavy (non-hydrogen) atoms. The number of ether oxygens (including phenoxy) is 1. The third kappa shape index (κ3) is 1.99. The first-order chi connectivity index (χ1) is 13.6. The van der Waals surface area contributed by atoms with Crippen molar-refractivity contribution in [2.75, 3.05) is 4.90 Å². The standard InChI is InChI=1S/C21H15ClN2O4/c22-11-6-8-12(9-7-11)24-20(25)13-14(21(24)26)18-19-15(17(13)27-18)16(23-28-19)10-4-2-1-3-5-10/h1-9,13-15,17-19H/t13-,14+,15-,17-,18+,19-/m1/s1. The molecule has 0 radical (unpaired) electrons. The normalized spacial score (nSPS) is 35.0. The van der Waals surface area contributed by atoms with Crippen molar-refractivity contribution in [3.63, 3.8) is 0 Å². The van der Waals surface area contributed by atoms with Crippen molar-refractivity contribution in [2.24, 2.45) is 22.9 Å². The molecule has 2 amide bonds. The summed E-state index contributed by atoms with van der Waals surface area (Å²) in [6.45, 7) is 0. The summed E-state index contributed by atoms with van der Waals surface area (Å²) in [7, 11) is 0. The Morgan fingerprint density at radius 2 is 1.50 bits per heavy atom. The number of imide groups is 1. The summed E-state index contributed by atoms with van der Waals surface area (Å²) < 4.78 is 6.11. The molecule has 0 aliphatic carbocycles. The van der Waals surface area contributed by atoms with Gasteiger partial charge in [-0.2, -0.15) is 0 Å². The van der Waals surface area contributed by atoms with E-state index in [0.717, 1.165) is 11.3 Å². The van der Waals surface area contributed by atoms with E-state index in [0.29, 0.717) is 10.7 Å². The highest BCUT2D eigenvalue weighted by atomic mass is 35.5. The second-order valence-corrected chi connectivity index (χ2v) is 7.98. The minimum atomic E-state index is -0.528. The van der Waals surface area contributed by atoms with Crippen LogP contribution in [-0.4, -0.2) is 35.8 Å². The van der Waals surface area contributed by atoms with Gasteiger partial charge in [-0.1, -0.05) is 47.1 Å². The van der Waals surface area contributed by atoms with Gasteiger partial charge < -0.3 is 9.57 Å². The molecule has 0 aromatic heterocycles. The van der Waals surface area contributed by atoms with Gasteiger partial charge in [0, 0.05) is 5.02 Å². The van der Waals surface area contributed by atoms with Gasteiger partial charge in [0.1, 0.15) is 6.10 Å². The maximum absolute atomic E-state index is 13.2. The van der Waals surface area contributed by atoms with Crippen molar-refractivity contribution in [3.8, 4) is 0 Å². The van der Waals surface area contributed by atoms with Gasteiger partial charge in [0.05, 0.1) is 35.3 Å². The summed E-state index contributed by atoms with van der Waals surface area (Å²) >= 11 is 5.94. The fourth-order valence-corrected chi connectivity index (χ4v) is 5.18. The van der Waals surface area contributed by atoms with E-state index in [1.165, 1.54) is 4.90 Å². The molecule has 0 unspecified atom stereocenters. The largest absolute Gasteiger partial charge is 0.389 e. The third-order valence-corrected chi connectivity index (χ3v) is 6.45. The number of nitrogens with zero attached hydrogens (tertiary/aromatic N) is 2. The molecular weight excluding hydrogens is 380 g/mol. The summed E-state index contributed by atoms with van der Waals surface area (Å²) in [6.07, 6.45) is -1.20. The van der Waals surface area contributed by atoms with E-state index in [1.54, 1.807) is 24.3 Å². The molecular formula is C21H15ClN2O4. The molecule has 2 aromatic carbocycles. The van der Waals surface area contributed by atoms with Crippen LogP contribution in [0.25, 0.3) is 0 Å². The van der Waals surface area contributed by atoms with Crippen LogP contribution in [0.1, 0.15) is 5.56 Å². The quantitative estimate of drug-likeness (QED) is 0.734. The SMILES string of the molecule is O=C1[C@@H]2[C@@H]3O[C@@H]([C@H]4C(c5ccccc5)=NO[C@@H]34)[C@@H]2C(=O)N1c1ccc(Cl)cc1. The summed E-state index contributed by atoms with van der Waals surface area (Å²) in [5.41, 5.74) is 2.28. The van der Waals surface area contributed by atoms with Gasteiger partial charge in [-0.15, -0.1) is 0 Å². The smallest absolute Gasteiger partial charge is 0.240 e. The maximum Gasteiger partial charge on any atom is 0.240 e. The van der Waals surface area contributed by atoms with Crippen LogP contribution in [0.5, 0.6) is 0 Å². The zero-order chi connectivity index (χ0) is 19.0. The average molecular weight is 395 g/mol. The van der Waals surface area contributed by atoms with Crippen molar-refractivity contribution in [1.82, 2.24) is 0 Å². The number of amides is 2. The van der Waals surface area contributed by atoms with E-state index in [2.05, 4.69) is 5.16 Å². The number of oxime groups is 1. The molecule has 4 aliphatic heterocycles. The lowest BCUT2D eigenvalue weighted by Gasteiger charge is -2.26. The van der Waals surface area contributed by atoms with Gasteiger partial charge >= 0.3 is 0 Å². The van der Waals surface area contributed by atoms with E-state index in [9.17, 15) is 9.59 Å². The number of rotatable bonds is 2. The number of fused-ring (bicyclic) bond motifs is 8. The monoisotopic (exact) mass is 394 g/mol. The number of carbonyl (C=O) groups is 2. The van der Waals surface area contributed by atoms with Gasteiger partial charge in [-0.3, -0.25) is 9.59 Å². The number of carbonyl (C=O) groups excluding carboxylic acids is 2. The van der Waals surface area contributed by atoms with Crippen LogP contribution in [-0.2, 0) is 19.2 Å². The molecule has 6 nitrogen and oxygen atoms in total. The minimum Gasteiger partial charge on any atom is -0.389 e. The molecule has 0 saturated carbocycles. The molecule has 7 heteroatoms. The lowest BCUT2D eigenvalue weighted by molar-refractivity contribution is -0.125. The predicted octanol–water partition coefficient (Wildman–Crippen LogP) is 2.65. The van der Waals surface area contributed by atoms with Gasteiger partial charge in [0.2, 0.25) is 11.8 Å². The second-order valence-electron chi connectivity index (χ2n) is 7.54. The van der Waals surface area contributed by atoms with Crippen LogP contribution in [0.2, 0.25) is 5.02 Å². The summed E-state index contributed by atoms with van der Waals surface area (Å²) in [5.74, 6) is -1.64. The predicted molar refractivity (Wildman–Crippen MR) is 101 cm³/mol. The zero-order valence-corrected chi connectivity index (χ0v) is 15.3. The molecule has 6 atom stereocenters. The fraction of sp³-hybridized carbons (Fsp3) is 0.286. The number of hydrogen-bond donors (Lipinski definition) is 0. The lowest BCUT2D eigenvalue weighted by Crippen LogP contribution is -2.45. The number of anilines is 1. The van der Waals surface area contributed by atoms with Crippen molar-refractivity contribution < 1.29 is 19.2 Å². The first-order valence-corrected chi connectivity index (χ1v) is 9.61. The van der Waals surface area contributed by atoms with Crippen LogP contribution in [0.3, 0.4) is 0 Å². The van der Waals surface area contributed by atoms with Crippen molar-refractivity contribution >= 4 is 34.8 Å². The van der Waals surface area contributed by atoms with Crippen molar-refractivity contribution in [3.05, 3.63) is 65.2 Å². The van der Waals surface area contributed by atoms with Crippen LogP contribution < -0.4 is 4.90 Å². The fourth-order valence-electron chi connectivity index (χ4n) is 5.05. The number of benzene rings is 2. The molecule has 4 heterocycles. The molecule has 3 saturated heterocycles. The Kier molecular flexibility index (Phi) is 3.29.